The van der Waals surface area contributed by atoms with Gasteiger partial charge in [0.15, 0.2) is 0 Å². The highest BCUT2D eigenvalue weighted by Crippen LogP contribution is 2.25. The third-order valence-corrected chi connectivity index (χ3v) is 4.33. The van der Waals surface area contributed by atoms with Crippen molar-refractivity contribution in [2.45, 2.75) is 24.8 Å². The Labute approximate surface area is 129 Å². The van der Waals surface area contributed by atoms with Crippen molar-refractivity contribution >= 4 is 23.4 Å². The van der Waals surface area contributed by atoms with Gasteiger partial charge in [-0.25, -0.2) is 0 Å². The van der Waals surface area contributed by atoms with Crippen LogP contribution in [0.4, 0.5) is 5.69 Å². The van der Waals surface area contributed by atoms with Crippen LogP contribution in [0.3, 0.4) is 0 Å². The van der Waals surface area contributed by atoms with E-state index in [-0.39, 0.29) is 6.04 Å². The maximum Gasteiger partial charge on any atom is 0.249 e. The average molecular weight is 300 g/mol. The Bertz CT molecular complexity index is 638. The maximum atomic E-state index is 11.4. The number of primary amides is 1. The highest BCUT2D eigenvalue weighted by atomic mass is 32.2. The van der Waals surface area contributed by atoms with Gasteiger partial charge in [-0.1, -0.05) is 18.2 Å². The second-order valence-corrected chi connectivity index (χ2v) is 5.86. The Morgan fingerprint density at radius 2 is 1.86 bits per heavy atom. The summed E-state index contributed by atoms with van der Waals surface area (Å²) in [4.78, 5) is 12.6. The topological polar surface area (TPSA) is 55.1 Å². The van der Waals surface area contributed by atoms with E-state index in [1.807, 2.05) is 19.1 Å². The lowest BCUT2D eigenvalue weighted by Crippen LogP contribution is -2.15. The molecule has 2 rings (SSSR count). The first-order chi connectivity index (χ1) is 10.0. The molecule has 0 saturated heterocycles. The van der Waals surface area contributed by atoms with E-state index >= 15 is 0 Å². The number of hydrogen-bond acceptors (Lipinski definition) is 3. The predicted molar refractivity (Wildman–Crippen MR) is 90.0 cm³/mol. The van der Waals surface area contributed by atoms with Crippen molar-refractivity contribution in [1.82, 2.24) is 0 Å². The molecule has 1 amide bonds. The van der Waals surface area contributed by atoms with Crippen LogP contribution >= 0.6 is 11.8 Å². The molecular weight excluding hydrogens is 280 g/mol. The van der Waals surface area contributed by atoms with Crippen molar-refractivity contribution < 1.29 is 4.79 Å². The summed E-state index contributed by atoms with van der Waals surface area (Å²) >= 11 is 1.73. The summed E-state index contributed by atoms with van der Waals surface area (Å²) in [5.74, 6) is -0.395. The SMILES string of the molecule is CSc1ccc(C(C)Nc2cccc(C(N)=O)c2C)cc1. The van der Waals surface area contributed by atoms with Crippen molar-refractivity contribution in [3.63, 3.8) is 0 Å². The van der Waals surface area contributed by atoms with Crippen LogP contribution in [0.1, 0.15) is 34.5 Å². The van der Waals surface area contributed by atoms with Crippen LogP contribution in [0.15, 0.2) is 47.4 Å². The van der Waals surface area contributed by atoms with Gasteiger partial charge in [-0.05, 0) is 55.5 Å². The van der Waals surface area contributed by atoms with Crippen LogP contribution in [-0.2, 0) is 0 Å². The Balaban J connectivity index is 2.20. The Morgan fingerprint density at radius 1 is 1.19 bits per heavy atom. The molecule has 2 aromatic rings. The number of nitrogens with one attached hydrogen (secondary N) is 1. The monoisotopic (exact) mass is 300 g/mol. The number of carbonyl (C=O) groups is 1. The smallest absolute Gasteiger partial charge is 0.249 e. The van der Waals surface area contributed by atoms with Gasteiger partial charge >= 0.3 is 0 Å². The van der Waals surface area contributed by atoms with Gasteiger partial charge in [0, 0.05) is 22.2 Å². The number of rotatable bonds is 5. The zero-order chi connectivity index (χ0) is 15.4. The molecule has 0 radical (unpaired) electrons. The largest absolute Gasteiger partial charge is 0.378 e. The Kier molecular flexibility index (Phi) is 4.91. The maximum absolute atomic E-state index is 11.4. The van der Waals surface area contributed by atoms with Gasteiger partial charge in [-0.15, -0.1) is 11.8 Å². The number of benzene rings is 2. The Hall–Kier alpha value is -1.94. The summed E-state index contributed by atoms with van der Waals surface area (Å²) in [7, 11) is 0. The fourth-order valence-corrected chi connectivity index (χ4v) is 2.68. The molecule has 2 aromatic carbocycles. The van der Waals surface area contributed by atoms with E-state index in [2.05, 4.69) is 42.8 Å². The third kappa shape index (κ3) is 3.58. The lowest BCUT2D eigenvalue weighted by molar-refractivity contribution is 0.1000. The van der Waals surface area contributed by atoms with Crippen molar-refractivity contribution in [2.75, 3.05) is 11.6 Å². The molecule has 0 aliphatic carbocycles. The van der Waals surface area contributed by atoms with E-state index in [1.54, 1.807) is 17.8 Å². The molecule has 4 heteroatoms. The molecule has 0 saturated carbocycles. The van der Waals surface area contributed by atoms with E-state index in [0.717, 1.165) is 11.3 Å². The molecule has 0 heterocycles. The molecule has 21 heavy (non-hydrogen) atoms. The van der Waals surface area contributed by atoms with Crippen LogP contribution in [0.25, 0.3) is 0 Å². The fourth-order valence-electron chi connectivity index (χ4n) is 2.27. The minimum absolute atomic E-state index is 0.155. The van der Waals surface area contributed by atoms with Gasteiger partial charge < -0.3 is 11.1 Å². The van der Waals surface area contributed by atoms with E-state index in [4.69, 9.17) is 5.73 Å². The van der Waals surface area contributed by atoms with Gasteiger partial charge in [0.1, 0.15) is 0 Å². The molecule has 0 spiro atoms. The molecule has 1 atom stereocenters. The number of amides is 1. The van der Waals surface area contributed by atoms with Crippen LogP contribution in [0.5, 0.6) is 0 Å². The first-order valence-corrected chi connectivity index (χ1v) is 8.05. The lowest BCUT2D eigenvalue weighted by atomic mass is 10.0. The highest BCUT2D eigenvalue weighted by Gasteiger charge is 2.11. The number of carbonyl (C=O) groups excluding carboxylic acids is 1. The summed E-state index contributed by atoms with van der Waals surface area (Å²) < 4.78 is 0. The van der Waals surface area contributed by atoms with E-state index in [1.165, 1.54) is 10.5 Å². The standard InChI is InChI=1S/C17H20N2OS/c1-11-15(17(18)20)5-4-6-16(11)19-12(2)13-7-9-14(21-3)10-8-13/h4-10,12,19H,1-3H3,(H2,18,20). The zero-order valence-corrected chi connectivity index (χ0v) is 13.3. The van der Waals surface area contributed by atoms with Gasteiger partial charge in [-0.2, -0.15) is 0 Å². The zero-order valence-electron chi connectivity index (χ0n) is 12.5. The molecule has 3 N–H and O–H groups in total. The van der Waals surface area contributed by atoms with Crippen LogP contribution in [0, 0.1) is 6.92 Å². The summed E-state index contributed by atoms with van der Waals surface area (Å²) in [6.45, 7) is 4.01. The fraction of sp³-hybridized carbons (Fsp3) is 0.235. The van der Waals surface area contributed by atoms with Crippen molar-refractivity contribution in [3.05, 3.63) is 59.2 Å². The summed E-state index contributed by atoms with van der Waals surface area (Å²) in [5, 5.41) is 3.44. The summed E-state index contributed by atoms with van der Waals surface area (Å²) in [5.41, 5.74) is 8.98. The van der Waals surface area contributed by atoms with E-state index in [9.17, 15) is 4.79 Å². The molecule has 0 aromatic heterocycles. The average Bonchev–Trinajstić information content (AvgIpc) is 2.49. The number of hydrogen-bond donors (Lipinski definition) is 2. The summed E-state index contributed by atoms with van der Waals surface area (Å²) in [6.07, 6.45) is 2.06. The Morgan fingerprint density at radius 3 is 2.43 bits per heavy atom. The van der Waals surface area contributed by atoms with Crippen LogP contribution < -0.4 is 11.1 Å². The van der Waals surface area contributed by atoms with Gasteiger partial charge in [0.05, 0.1) is 0 Å². The molecule has 1 unspecified atom stereocenters. The van der Waals surface area contributed by atoms with Crippen molar-refractivity contribution in [2.24, 2.45) is 5.73 Å². The summed E-state index contributed by atoms with van der Waals surface area (Å²) in [6, 6.07) is 14.2. The first kappa shape index (κ1) is 15.4. The van der Waals surface area contributed by atoms with Gasteiger partial charge in [0.2, 0.25) is 5.91 Å². The number of anilines is 1. The number of thioether (sulfide) groups is 1. The minimum Gasteiger partial charge on any atom is -0.378 e. The predicted octanol–water partition coefficient (Wildman–Crippen LogP) is 3.99. The second-order valence-electron chi connectivity index (χ2n) is 4.98. The molecular formula is C17H20N2OS. The van der Waals surface area contributed by atoms with Crippen LogP contribution in [0.2, 0.25) is 0 Å². The molecule has 110 valence electrons. The van der Waals surface area contributed by atoms with Crippen LogP contribution in [-0.4, -0.2) is 12.2 Å². The first-order valence-electron chi connectivity index (χ1n) is 6.83. The molecule has 0 aliphatic rings. The number of nitrogens with two attached hydrogens (primary N) is 1. The third-order valence-electron chi connectivity index (χ3n) is 3.59. The molecule has 0 fully saturated rings. The lowest BCUT2D eigenvalue weighted by Gasteiger charge is -2.18. The minimum atomic E-state index is -0.395. The second kappa shape index (κ2) is 6.68. The van der Waals surface area contributed by atoms with Gasteiger partial charge in [0.25, 0.3) is 0 Å². The molecule has 0 aliphatic heterocycles. The van der Waals surface area contributed by atoms with Crippen molar-refractivity contribution in [3.8, 4) is 0 Å². The quantitative estimate of drug-likeness (QED) is 0.821. The molecule has 3 nitrogen and oxygen atoms in total. The normalized spacial score (nSPS) is 12.0. The molecule has 0 bridgehead atoms. The van der Waals surface area contributed by atoms with E-state index in [0.29, 0.717) is 5.56 Å². The van der Waals surface area contributed by atoms with E-state index < -0.39 is 5.91 Å². The highest BCUT2D eigenvalue weighted by molar-refractivity contribution is 7.98. The van der Waals surface area contributed by atoms with Crippen molar-refractivity contribution in [1.29, 1.82) is 0 Å². The van der Waals surface area contributed by atoms with Gasteiger partial charge in [-0.3, -0.25) is 4.79 Å².